The van der Waals surface area contributed by atoms with Crippen LogP contribution >= 0.6 is 23.2 Å². The number of amides is 1. The number of likely N-dealkylation sites (N-methyl/N-ethyl adjacent to an activating group) is 1. The highest BCUT2D eigenvalue weighted by Crippen LogP contribution is 2.33. The zero-order valence-corrected chi connectivity index (χ0v) is 12.8. The van der Waals surface area contributed by atoms with Gasteiger partial charge in [-0.2, -0.15) is 13.2 Å². The molecule has 1 aromatic rings. The van der Waals surface area contributed by atoms with Crippen molar-refractivity contribution in [2.45, 2.75) is 19.1 Å². The molecule has 0 saturated carbocycles. The second-order valence-corrected chi connectivity index (χ2v) is 5.37. The molecule has 0 spiro atoms. The highest BCUT2D eigenvalue weighted by Gasteiger charge is 2.32. The van der Waals surface area contributed by atoms with E-state index in [4.69, 9.17) is 28.9 Å². The second-order valence-electron chi connectivity index (χ2n) is 4.56. The highest BCUT2D eigenvalue weighted by atomic mass is 35.5. The number of nitrogen functional groups attached to an aromatic ring is 1. The predicted molar refractivity (Wildman–Crippen MR) is 77.7 cm³/mol. The molecule has 1 aromatic carbocycles. The van der Waals surface area contributed by atoms with Crippen molar-refractivity contribution in [1.82, 2.24) is 4.90 Å². The van der Waals surface area contributed by atoms with E-state index < -0.39 is 24.7 Å². The average Bonchev–Trinajstić information content (AvgIpc) is 2.30. The molecule has 1 amide bonds. The fourth-order valence-electron chi connectivity index (χ4n) is 1.56. The van der Waals surface area contributed by atoms with Gasteiger partial charge in [-0.1, -0.05) is 23.2 Å². The molecule has 0 aliphatic heterocycles. The summed E-state index contributed by atoms with van der Waals surface area (Å²) in [4.78, 5) is 12.8. The Morgan fingerprint density at radius 1 is 1.38 bits per heavy atom. The largest absolute Gasteiger partial charge is 0.401 e. The Balaban J connectivity index is 2.82. The number of nitrogens with zero attached hydrogens (tertiary/aromatic N) is 1. The Morgan fingerprint density at radius 3 is 2.29 bits per heavy atom. The molecular formula is C12H14Cl2F3N3O. The van der Waals surface area contributed by atoms with E-state index >= 15 is 0 Å². The van der Waals surface area contributed by atoms with Crippen LogP contribution < -0.4 is 11.1 Å². The molecular weight excluding hydrogens is 330 g/mol. The van der Waals surface area contributed by atoms with Crippen molar-refractivity contribution in [2.75, 3.05) is 24.6 Å². The number of hydrogen-bond acceptors (Lipinski definition) is 3. The third kappa shape index (κ3) is 5.26. The van der Waals surface area contributed by atoms with Gasteiger partial charge in [0.25, 0.3) is 0 Å². The van der Waals surface area contributed by atoms with Gasteiger partial charge in [0, 0.05) is 5.69 Å². The lowest BCUT2D eigenvalue weighted by molar-refractivity contribution is -0.149. The number of hydrogen-bond donors (Lipinski definition) is 2. The second kappa shape index (κ2) is 6.72. The van der Waals surface area contributed by atoms with Gasteiger partial charge >= 0.3 is 6.18 Å². The first-order valence-electron chi connectivity index (χ1n) is 5.83. The van der Waals surface area contributed by atoms with Gasteiger partial charge in [-0.25, -0.2) is 0 Å². The molecule has 0 aromatic heterocycles. The zero-order chi connectivity index (χ0) is 16.4. The first kappa shape index (κ1) is 17.9. The minimum absolute atomic E-state index is 0.110. The van der Waals surface area contributed by atoms with E-state index in [2.05, 4.69) is 5.32 Å². The minimum Gasteiger partial charge on any atom is -0.399 e. The number of nitrogens with one attached hydrogen (secondary N) is 1. The van der Waals surface area contributed by atoms with Gasteiger partial charge in [0.2, 0.25) is 5.91 Å². The summed E-state index contributed by atoms with van der Waals surface area (Å²) >= 11 is 11.8. The van der Waals surface area contributed by atoms with Crippen molar-refractivity contribution < 1.29 is 18.0 Å². The SMILES string of the molecule is CC(C(=O)Nc1c(Cl)cc(N)cc1Cl)N(C)CC(F)(F)F. The van der Waals surface area contributed by atoms with Crippen LogP contribution in [0.25, 0.3) is 0 Å². The van der Waals surface area contributed by atoms with Crippen molar-refractivity contribution in [1.29, 1.82) is 0 Å². The van der Waals surface area contributed by atoms with Crippen molar-refractivity contribution in [2.24, 2.45) is 0 Å². The predicted octanol–water partition coefficient (Wildman–Crippen LogP) is 3.40. The van der Waals surface area contributed by atoms with Crippen LogP contribution in [0, 0.1) is 0 Å². The Hall–Kier alpha value is -1.18. The summed E-state index contributed by atoms with van der Waals surface area (Å²) in [5.74, 6) is -0.657. The van der Waals surface area contributed by atoms with Gasteiger partial charge < -0.3 is 11.1 Å². The van der Waals surface area contributed by atoms with Gasteiger partial charge in [-0.3, -0.25) is 9.69 Å². The van der Waals surface area contributed by atoms with Crippen molar-refractivity contribution in [3.8, 4) is 0 Å². The van der Waals surface area contributed by atoms with Crippen LogP contribution in [0.2, 0.25) is 10.0 Å². The van der Waals surface area contributed by atoms with E-state index in [1.54, 1.807) is 0 Å². The number of nitrogens with two attached hydrogens (primary N) is 1. The van der Waals surface area contributed by atoms with Gasteiger partial charge in [-0.15, -0.1) is 0 Å². The Labute approximate surface area is 130 Å². The van der Waals surface area contributed by atoms with Crippen LogP contribution in [0.4, 0.5) is 24.5 Å². The maximum atomic E-state index is 12.3. The van der Waals surface area contributed by atoms with Gasteiger partial charge in [0.05, 0.1) is 28.3 Å². The first-order chi connectivity index (χ1) is 9.51. The molecule has 0 aliphatic rings. The molecule has 1 atom stereocenters. The highest BCUT2D eigenvalue weighted by molar-refractivity contribution is 6.40. The summed E-state index contributed by atoms with van der Waals surface area (Å²) in [6.07, 6.45) is -4.39. The lowest BCUT2D eigenvalue weighted by Crippen LogP contribution is -2.44. The van der Waals surface area contributed by atoms with Crippen molar-refractivity contribution in [3.05, 3.63) is 22.2 Å². The van der Waals surface area contributed by atoms with Gasteiger partial charge in [0.15, 0.2) is 0 Å². The molecule has 0 fully saturated rings. The zero-order valence-electron chi connectivity index (χ0n) is 11.3. The number of carbonyl (C=O) groups is 1. The van der Waals surface area contributed by atoms with Crippen LogP contribution in [0.1, 0.15) is 6.92 Å². The molecule has 3 N–H and O–H groups in total. The quantitative estimate of drug-likeness (QED) is 0.823. The molecule has 0 heterocycles. The Kier molecular flexibility index (Phi) is 5.72. The van der Waals surface area contributed by atoms with E-state index in [0.717, 1.165) is 4.90 Å². The topological polar surface area (TPSA) is 58.4 Å². The first-order valence-corrected chi connectivity index (χ1v) is 6.59. The number of carbonyl (C=O) groups excluding carboxylic acids is 1. The van der Waals surface area contributed by atoms with Gasteiger partial charge in [-0.05, 0) is 26.1 Å². The molecule has 0 radical (unpaired) electrons. The Bertz CT molecular complexity index is 514. The third-order valence-corrected chi connectivity index (χ3v) is 3.38. The Morgan fingerprint density at radius 2 is 1.86 bits per heavy atom. The molecule has 0 saturated heterocycles. The normalized spacial score (nSPS) is 13.3. The van der Waals surface area contributed by atoms with Crippen LogP contribution in [0.5, 0.6) is 0 Å². The van der Waals surface area contributed by atoms with E-state index in [-0.39, 0.29) is 15.7 Å². The summed E-state index contributed by atoms with van der Waals surface area (Å²) in [5.41, 5.74) is 5.95. The summed E-state index contributed by atoms with van der Waals surface area (Å²) in [6, 6.07) is 1.75. The summed E-state index contributed by atoms with van der Waals surface area (Å²) in [5, 5.41) is 2.63. The summed E-state index contributed by atoms with van der Waals surface area (Å²) in [6.45, 7) is 0.144. The number of alkyl halides is 3. The number of halogens is 5. The molecule has 0 aliphatic carbocycles. The summed E-state index contributed by atoms with van der Waals surface area (Å²) in [7, 11) is 1.20. The number of rotatable bonds is 4. The van der Waals surface area contributed by atoms with E-state index in [1.807, 2.05) is 0 Å². The maximum Gasteiger partial charge on any atom is 0.401 e. The van der Waals surface area contributed by atoms with Crippen molar-refractivity contribution >= 4 is 40.5 Å². The van der Waals surface area contributed by atoms with Gasteiger partial charge in [0.1, 0.15) is 0 Å². The lowest BCUT2D eigenvalue weighted by Gasteiger charge is -2.25. The minimum atomic E-state index is -4.39. The average molecular weight is 344 g/mol. The fourth-order valence-corrected chi connectivity index (χ4v) is 2.16. The molecule has 9 heteroatoms. The smallest absolute Gasteiger partial charge is 0.399 e. The third-order valence-electron chi connectivity index (χ3n) is 2.78. The molecule has 1 rings (SSSR count). The molecule has 4 nitrogen and oxygen atoms in total. The maximum absolute atomic E-state index is 12.3. The lowest BCUT2D eigenvalue weighted by atomic mass is 10.2. The van der Waals surface area contributed by atoms with Crippen LogP contribution in [0.3, 0.4) is 0 Å². The fraction of sp³-hybridized carbons (Fsp3) is 0.417. The molecule has 118 valence electrons. The van der Waals surface area contributed by atoms with E-state index in [0.29, 0.717) is 5.69 Å². The standard InChI is InChI=1S/C12H14Cl2F3N3O/c1-6(20(2)5-12(15,16)17)11(21)19-10-8(13)3-7(18)4-9(10)14/h3-4,6H,5,18H2,1-2H3,(H,19,21). The molecule has 1 unspecified atom stereocenters. The van der Waals surface area contributed by atoms with Crippen molar-refractivity contribution in [3.63, 3.8) is 0 Å². The molecule has 21 heavy (non-hydrogen) atoms. The van der Waals surface area contributed by atoms with E-state index in [9.17, 15) is 18.0 Å². The van der Waals surface area contributed by atoms with E-state index in [1.165, 1.54) is 26.1 Å². The number of anilines is 2. The monoisotopic (exact) mass is 343 g/mol. The van der Waals surface area contributed by atoms with Crippen LogP contribution in [-0.4, -0.2) is 36.6 Å². The number of benzene rings is 1. The summed E-state index contributed by atoms with van der Waals surface area (Å²) < 4.78 is 36.9. The van der Waals surface area contributed by atoms with Crippen LogP contribution in [0.15, 0.2) is 12.1 Å². The molecule has 0 bridgehead atoms. The van der Waals surface area contributed by atoms with Crippen LogP contribution in [-0.2, 0) is 4.79 Å².